The molecule has 0 atom stereocenters. The van der Waals surface area contributed by atoms with E-state index in [4.69, 9.17) is 0 Å². The molecule has 13 heteroatoms. The van der Waals surface area contributed by atoms with Crippen LogP contribution < -0.4 is 5.32 Å². The fourth-order valence-electron chi connectivity index (χ4n) is 2.99. The minimum absolute atomic E-state index is 0.0125. The first kappa shape index (κ1) is 22.2. The normalized spacial score (nSPS) is 16.5. The Kier molecular flexibility index (Phi) is 6.41. The van der Waals surface area contributed by atoms with Crippen LogP contribution in [0.4, 0.5) is 19.1 Å². The van der Waals surface area contributed by atoms with E-state index in [0.29, 0.717) is 31.8 Å². The van der Waals surface area contributed by atoms with Gasteiger partial charge in [0.25, 0.3) is 0 Å². The molecule has 9 nitrogen and oxygen atoms in total. The zero-order valence-electron chi connectivity index (χ0n) is 16.1. The van der Waals surface area contributed by atoms with E-state index in [1.807, 2.05) is 0 Å². The van der Waals surface area contributed by atoms with Crippen LogP contribution in [0.15, 0.2) is 29.7 Å². The first-order chi connectivity index (χ1) is 14.1. The van der Waals surface area contributed by atoms with Gasteiger partial charge in [-0.05, 0) is 19.8 Å². The smallest absolute Gasteiger partial charge is 0.351 e. The molecule has 1 aliphatic rings. The molecule has 0 saturated carbocycles. The van der Waals surface area contributed by atoms with Crippen LogP contribution in [-0.4, -0.2) is 57.4 Å². The fourth-order valence-corrected chi connectivity index (χ4v) is 4.42. The summed E-state index contributed by atoms with van der Waals surface area (Å²) < 4.78 is 66.0. The maximum Gasteiger partial charge on any atom is 0.419 e. The van der Waals surface area contributed by atoms with Crippen LogP contribution in [0.2, 0.25) is 0 Å². The standard InChI is InChI=1S/C17H21F3N6O3S/c1-12(27)2-5-25-11-15(10-23-25)30(28,29)26-6-3-14(4-7-26)24-16-21-8-13(9-22-16)17(18,19)20/h8-11,14H,2-7H2,1H3,(H,21,22,24). The van der Waals surface area contributed by atoms with E-state index in [1.54, 1.807) is 0 Å². The summed E-state index contributed by atoms with van der Waals surface area (Å²) in [5.41, 5.74) is -0.933. The number of Topliss-reactive ketones (excluding diaryl/α,β-unsaturated/α-hetero) is 1. The number of aryl methyl sites for hydroxylation is 1. The molecule has 1 aliphatic heterocycles. The Hall–Kier alpha value is -2.54. The molecule has 0 bridgehead atoms. The summed E-state index contributed by atoms with van der Waals surface area (Å²) in [5, 5.41) is 6.94. The maximum absolute atomic E-state index is 12.8. The van der Waals surface area contributed by atoms with Gasteiger partial charge in [0.05, 0.1) is 11.8 Å². The summed E-state index contributed by atoms with van der Waals surface area (Å²) in [7, 11) is -3.72. The molecule has 0 aromatic carbocycles. The number of hydrogen-bond donors (Lipinski definition) is 1. The SMILES string of the molecule is CC(=O)CCn1cc(S(=O)(=O)N2CCC(Nc3ncc(C(F)(F)F)cn3)CC2)cn1. The van der Waals surface area contributed by atoms with Gasteiger partial charge in [0.1, 0.15) is 10.7 Å². The number of piperidine rings is 1. The minimum Gasteiger partial charge on any atom is -0.351 e. The molecule has 2 aromatic rings. The lowest BCUT2D eigenvalue weighted by atomic mass is 10.1. The van der Waals surface area contributed by atoms with Crippen molar-refractivity contribution in [2.75, 3.05) is 18.4 Å². The van der Waals surface area contributed by atoms with Gasteiger partial charge in [0, 0.05) is 50.7 Å². The minimum atomic E-state index is -4.50. The summed E-state index contributed by atoms with van der Waals surface area (Å²) in [5.74, 6) is 0.0533. The van der Waals surface area contributed by atoms with Gasteiger partial charge in [-0.1, -0.05) is 0 Å². The molecule has 0 amide bonds. The molecule has 0 radical (unpaired) electrons. The largest absolute Gasteiger partial charge is 0.419 e. The van der Waals surface area contributed by atoms with Gasteiger partial charge in [0.2, 0.25) is 16.0 Å². The average Bonchev–Trinajstić information content (AvgIpc) is 3.16. The number of nitrogens with one attached hydrogen (secondary N) is 1. The summed E-state index contributed by atoms with van der Waals surface area (Å²) in [4.78, 5) is 18.5. The summed E-state index contributed by atoms with van der Waals surface area (Å²) in [6, 6.07) is -0.161. The average molecular weight is 446 g/mol. The van der Waals surface area contributed by atoms with Crippen molar-refractivity contribution in [2.45, 2.75) is 49.8 Å². The third-order valence-electron chi connectivity index (χ3n) is 4.71. The van der Waals surface area contributed by atoms with Crippen molar-refractivity contribution < 1.29 is 26.4 Å². The highest BCUT2D eigenvalue weighted by Gasteiger charge is 2.32. The van der Waals surface area contributed by atoms with Crippen LogP contribution in [0.5, 0.6) is 0 Å². The molecule has 1 fully saturated rings. The zero-order chi connectivity index (χ0) is 21.9. The monoisotopic (exact) mass is 446 g/mol. The topological polar surface area (TPSA) is 110 Å². The number of alkyl halides is 3. The number of nitrogens with zero attached hydrogens (tertiary/aromatic N) is 5. The second-order valence-corrected chi connectivity index (χ2v) is 8.94. The molecular weight excluding hydrogens is 425 g/mol. The Morgan fingerprint density at radius 3 is 2.40 bits per heavy atom. The van der Waals surface area contributed by atoms with E-state index in [9.17, 15) is 26.4 Å². The van der Waals surface area contributed by atoms with Gasteiger partial charge >= 0.3 is 6.18 Å². The lowest BCUT2D eigenvalue weighted by Crippen LogP contribution is -2.42. The molecule has 164 valence electrons. The van der Waals surface area contributed by atoms with Crippen molar-refractivity contribution in [2.24, 2.45) is 0 Å². The van der Waals surface area contributed by atoms with Crippen molar-refractivity contribution in [1.29, 1.82) is 0 Å². The number of hydrogen-bond acceptors (Lipinski definition) is 7. The van der Waals surface area contributed by atoms with Gasteiger partial charge in [-0.25, -0.2) is 18.4 Å². The quantitative estimate of drug-likeness (QED) is 0.692. The third kappa shape index (κ3) is 5.33. The highest BCUT2D eigenvalue weighted by Crippen LogP contribution is 2.28. The van der Waals surface area contributed by atoms with E-state index < -0.39 is 21.8 Å². The first-order valence-corrected chi connectivity index (χ1v) is 10.7. The number of sulfonamides is 1. The highest BCUT2D eigenvalue weighted by molar-refractivity contribution is 7.89. The maximum atomic E-state index is 12.8. The van der Waals surface area contributed by atoms with Crippen LogP contribution >= 0.6 is 0 Å². The predicted molar refractivity (Wildman–Crippen MR) is 100.0 cm³/mol. The second-order valence-electron chi connectivity index (χ2n) is 7.01. The number of carbonyl (C=O) groups excluding carboxylic acids is 1. The number of halogens is 3. The summed E-state index contributed by atoms with van der Waals surface area (Å²) in [6.45, 7) is 2.23. The molecule has 1 N–H and O–H groups in total. The van der Waals surface area contributed by atoms with Gasteiger partial charge in [-0.2, -0.15) is 22.6 Å². The molecule has 0 unspecified atom stereocenters. The molecule has 0 spiro atoms. The molecule has 3 heterocycles. The van der Waals surface area contributed by atoms with E-state index in [0.717, 1.165) is 0 Å². The number of anilines is 1. The van der Waals surface area contributed by atoms with Gasteiger partial charge in [0.15, 0.2) is 0 Å². The van der Waals surface area contributed by atoms with E-state index in [-0.39, 0.29) is 42.2 Å². The van der Waals surface area contributed by atoms with Crippen LogP contribution in [0.25, 0.3) is 0 Å². The Bertz CT molecular complexity index is 983. The van der Waals surface area contributed by atoms with E-state index >= 15 is 0 Å². The number of carbonyl (C=O) groups is 1. The summed E-state index contributed by atoms with van der Waals surface area (Å²) in [6.07, 6.45) is 0.735. The van der Waals surface area contributed by atoms with Crippen molar-refractivity contribution in [3.8, 4) is 0 Å². The number of rotatable bonds is 7. The Labute approximate surface area is 171 Å². The molecular formula is C17H21F3N6O3S. The Balaban J connectivity index is 1.56. The third-order valence-corrected chi connectivity index (χ3v) is 6.56. The molecule has 0 aliphatic carbocycles. The predicted octanol–water partition coefficient (Wildman–Crippen LogP) is 1.94. The number of ketones is 1. The summed E-state index contributed by atoms with van der Waals surface area (Å²) >= 11 is 0. The van der Waals surface area contributed by atoms with Crippen LogP contribution in [0.1, 0.15) is 31.7 Å². The van der Waals surface area contributed by atoms with E-state index in [2.05, 4.69) is 20.4 Å². The van der Waals surface area contributed by atoms with Gasteiger partial charge in [-0.3, -0.25) is 9.48 Å². The van der Waals surface area contributed by atoms with Crippen LogP contribution in [0, 0.1) is 0 Å². The zero-order valence-corrected chi connectivity index (χ0v) is 16.9. The van der Waals surface area contributed by atoms with Gasteiger partial charge in [-0.15, -0.1) is 0 Å². The van der Waals surface area contributed by atoms with Crippen LogP contribution in [-0.2, 0) is 27.5 Å². The van der Waals surface area contributed by atoms with E-state index in [1.165, 1.54) is 28.3 Å². The molecule has 2 aromatic heterocycles. The Morgan fingerprint density at radius 2 is 1.83 bits per heavy atom. The van der Waals surface area contributed by atoms with Crippen molar-refractivity contribution in [3.05, 3.63) is 30.4 Å². The lowest BCUT2D eigenvalue weighted by Gasteiger charge is -2.31. The van der Waals surface area contributed by atoms with Crippen molar-refractivity contribution in [3.63, 3.8) is 0 Å². The molecule has 1 saturated heterocycles. The van der Waals surface area contributed by atoms with Crippen molar-refractivity contribution in [1.82, 2.24) is 24.1 Å². The highest BCUT2D eigenvalue weighted by atomic mass is 32.2. The second kappa shape index (κ2) is 8.68. The first-order valence-electron chi connectivity index (χ1n) is 9.23. The fraction of sp³-hybridized carbons (Fsp3) is 0.529. The van der Waals surface area contributed by atoms with Crippen molar-refractivity contribution >= 4 is 21.8 Å². The molecule has 3 rings (SSSR count). The van der Waals surface area contributed by atoms with Crippen LogP contribution in [0.3, 0.4) is 0 Å². The Morgan fingerprint density at radius 1 is 1.20 bits per heavy atom. The molecule has 30 heavy (non-hydrogen) atoms. The van der Waals surface area contributed by atoms with Gasteiger partial charge < -0.3 is 5.32 Å². The lowest BCUT2D eigenvalue weighted by molar-refractivity contribution is -0.138. The number of aromatic nitrogens is 4.